The Kier molecular flexibility index (Phi) is 8.94. The zero-order valence-corrected chi connectivity index (χ0v) is 25.3. The fraction of sp³-hybridized carbons (Fsp3) is 0.441. The van der Waals surface area contributed by atoms with Crippen LogP contribution in [0.25, 0.3) is 0 Å². The van der Waals surface area contributed by atoms with Gasteiger partial charge >= 0.3 is 0 Å². The number of aliphatic hydroxyl groups is 1. The molecule has 0 aliphatic carbocycles. The summed E-state index contributed by atoms with van der Waals surface area (Å²) in [5.74, 6) is -1.57. The van der Waals surface area contributed by atoms with E-state index in [0.717, 1.165) is 17.5 Å². The zero-order chi connectivity index (χ0) is 30.0. The van der Waals surface area contributed by atoms with Gasteiger partial charge in [-0.2, -0.15) is 0 Å². The molecule has 2 aromatic rings. The van der Waals surface area contributed by atoms with Crippen LogP contribution in [0.15, 0.2) is 86.0 Å². The lowest BCUT2D eigenvalue weighted by atomic mass is 9.65. The molecule has 7 nitrogen and oxygen atoms in total. The summed E-state index contributed by atoms with van der Waals surface area (Å²) in [6.07, 6.45) is 4.18. The second kappa shape index (κ2) is 12.5. The van der Waals surface area contributed by atoms with Gasteiger partial charge in [0.25, 0.3) is 0 Å². The van der Waals surface area contributed by atoms with Crippen LogP contribution in [-0.4, -0.2) is 79.3 Å². The number of nitrogens with zero attached hydrogens (tertiary/aromatic N) is 3. The van der Waals surface area contributed by atoms with Crippen molar-refractivity contribution in [2.45, 2.75) is 55.4 Å². The van der Waals surface area contributed by atoms with Crippen LogP contribution in [0.5, 0.6) is 0 Å². The first kappa shape index (κ1) is 30.1. The standard InChI is InChI=1S/C34H41N3O4S/c1-5-17-35(20-25-13-9-7-10-14-25)31(39)28-27-19-23(3)34(42-27)29(28)32(40)37(24(4)22-38)30(34)33(41)36(18-6-2)21-26-15-11-8-12-16-26/h5-16,23-24,27-30,38H,1-2,17-22H2,3-4H3/t23?,24-,27-,28+,29+,30?,34?/m1/s1. The van der Waals surface area contributed by atoms with Crippen LogP contribution in [0.2, 0.25) is 0 Å². The van der Waals surface area contributed by atoms with Crippen molar-refractivity contribution < 1.29 is 19.5 Å². The maximum absolute atomic E-state index is 14.6. The predicted octanol–water partition coefficient (Wildman–Crippen LogP) is 4.13. The number of amides is 3. The number of carbonyl (C=O) groups excluding carboxylic acids is 3. The molecule has 5 rings (SSSR count). The number of benzene rings is 2. The molecular weight excluding hydrogens is 546 g/mol. The Bertz CT molecular complexity index is 1320. The maximum Gasteiger partial charge on any atom is 0.247 e. The van der Waals surface area contributed by atoms with Gasteiger partial charge in [0.05, 0.1) is 29.2 Å². The third kappa shape index (κ3) is 5.09. The monoisotopic (exact) mass is 587 g/mol. The molecule has 1 spiro atoms. The number of hydrogen-bond donors (Lipinski definition) is 1. The van der Waals surface area contributed by atoms with E-state index in [2.05, 4.69) is 20.1 Å². The normalized spacial score (nSPS) is 28.3. The fourth-order valence-electron chi connectivity index (χ4n) is 7.35. The molecule has 3 amide bonds. The largest absolute Gasteiger partial charge is 0.394 e. The summed E-state index contributed by atoms with van der Waals surface area (Å²) in [6, 6.07) is 18.2. The molecule has 42 heavy (non-hydrogen) atoms. The SMILES string of the molecule is C=CCN(Cc1ccccc1)C(=O)C1N([C@H](C)CO)C(=O)[C@@H]2[C@@H](C(=O)N(CC=C)Cc3ccccc3)[C@H]3CC(C)C12S3. The van der Waals surface area contributed by atoms with Gasteiger partial charge in [-0.25, -0.2) is 0 Å². The van der Waals surface area contributed by atoms with E-state index in [9.17, 15) is 19.5 Å². The molecule has 3 heterocycles. The maximum atomic E-state index is 14.6. The highest BCUT2D eigenvalue weighted by atomic mass is 32.2. The van der Waals surface area contributed by atoms with Crippen LogP contribution in [0.3, 0.4) is 0 Å². The van der Waals surface area contributed by atoms with Gasteiger partial charge in [-0.15, -0.1) is 24.9 Å². The van der Waals surface area contributed by atoms with Gasteiger partial charge in [-0.05, 0) is 30.4 Å². The van der Waals surface area contributed by atoms with Crippen molar-refractivity contribution in [1.82, 2.24) is 14.7 Å². The number of carbonyl (C=O) groups is 3. The van der Waals surface area contributed by atoms with E-state index < -0.39 is 28.7 Å². The van der Waals surface area contributed by atoms with E-state index in [-0.39, 0.29) is 35.5 Å². The van der Waals surface area contributed by atoms with Crippen LogP contribution < -0.4 is 0 Å². The Morgan fingerprint density at radius 1 is 1.00 bits per heavy atom. The third-order valence-corrected chi connectivity index (χ3v) is 11.3. The minimum Gasteiger partial charge on any atom is -0.394 e. The van der Waals surface area contributed by atoms with Crippen LogP contribution in [0.4, 0.5) is 0 Å². The molecule has 0 saturated carbocycles. The number of thioether (sulfide) groups is 1. The molecule has 3 aliphatic rings. The molecule has 8 heteroatoms. The highest BCUT2D eigenvalue weighted by molar-refractivity contribution is 8.02. The Morgan fingerprint density at radius 3 is 2.02 bits per heavy atom. The second-order valence-electron chi connectivity index (χ2n) is 11.8. The lowest BCUT2D eigenvalue weighted by Gasteiger charge is -2.42. The van der Waals surface area contributed by atoms with E-state index in [0.29, 0.717) is 26.2 Å². The molecule has 3 fully saturated rings. The summed E-state index contributed by atoms with van der Waals surface area (Å²) < 4.78 is -0.759. The van der Waals surface area contributed by atoms with Crippen molar-refractivity contribution in [2.75, 3.05) is 19.7 Å². The van der Waals surface area contributed by atoms with Gasteiger partial charge in [-0.3, -0.25) is 14.4 Å². The fourth-order valence-corrected chi connectivity index (χ4v) is 9.75. The number of rotatable bonds is 12. The van der Waals surface area contributed by atoms with Gasteiger partial charge < -0.3 is 19.8 Å². The van der Waals surface area contributed by atoms with E-state index in [1.165, 1.54) is 0 Å². The molecular formula is C34H41N3O4S. The minimum absolute atomic E-state index is 0.0413. The first-order valence-corrected chi connectivity index (χ1v) is 15.6. The van der Waals surface area contributed by atoms with E-state index in [4.69, 9.17) is 0 Å². The first-order valence-electron chi connectivity index (χ1n) is 14.8. The number of hydrogen-bond acceptors (Lipinski definition) is 5. The number of fused-ring (bicyclic) bond motifs is 1. The number of likely N-dealkylation sites (tertiary alicyclic amines) is 1. The Hall–Kier alpha value is -3.36. The average Bonchev–Trinajstić information content (AvgIpc) is 3.60. The summed E-state index contributed by atoms with van der Waals surface area (Å²) in [5, 5.41) is 10.2. The van der Waals surface area contributed by atoms with E-state index in [1.807, 2.05) is 60.7 Å². The summed E-state index contributed by atoms with van der Waals surface area (Å²) >= 11 is 1.66. The van der Waals surface area contributed by atoms with Crippen molar-refractivity contribution >= 4 is 29.5 Å². The van der Waals surface area contributed by atoms with E-state index in [1.54, 1.807) is 45.5 Å². The van der Waals surface area contributed by atoms with Crippen LogP contribution in [-0.2, 0) is 27.5 Å². The van der Waals surface area contributed by atoms with Crippen LogP contribution >= 0.6 is 11.8 Å². The average molecular weight is 588 g/mol. The molecule has 222 valence electrons. The molecule has 2 bridgehead atoms. The van der Waals surface area contributed by atoms with Gasteiger partial charge in [0, 0.05) is 31.4 Å². The van der Waals surface area contributed by atoms with Crippen molar-refractivity contribution in [3.63, 3.8) is 0 Å². The van der Waals surface area contributed by atoms with Gasteiger partial charge in [0.2, 0.25) is 17.7 Å². The molecule has 2 aromatic carbocycles. The molecule has 3 saturated heterocycles. The lowest BCUT2D eigenvalue weighted by molar-refractivity contribution is -0.147. The Labute approximate surface area is 253 Å². The molecule has 0 aromatic heterocycles. The van der Waals surface area contributed by atoms with E-state index >= 15 is 0 Å². The summed E-state index contributed by atoms with van der Waals surface area (Å²) in [6.45, 7) is 12.9. The highest BCUT2D eigenvalue weighted by Gasteiger charge is 2.76. The first-order chi connectivity index (χ1) is 20.3. The predicted molar refractivity (Wildman–Crippen MR) is 166 cm³/mol. The van der Waals surface area contributed by atoms with Gasteiger partial charge in [0.1, 0.15) is 6.04 Å². The molecule has 3 unspecified atom stereocenters. The summed E-state index contributed by atoms with van der Waals surface area (Å²) in [7, 11) is 0. The Morgan fingerprint density at radius 2 is 1.52 bits per heavy atom. The minimum atomic E-state index is -0.786. The van der Waals surface area contributed by atoms with Crippen molar-refractivity contribution in [3.8, 4) is 0 Å². The summed E-state index contributed by atoms with van der Waals surface area (Å²) in [4.78, 5) is 48.6. The molecule has 7 atom stereocenters. The topological polar surface area (TPSA) is 81.2 Å². The molecule has 1 N–H and O–H groups in total. The van der Waals surface area contributed by atoms with Crippen molar-refractivity contribution in [2.24, 2.45) is 17.8 Å². The van der Waals surface area contributed by atoms with Gasteiger partial charge in [0.15, 0.2) is 0 Å². The van der Waals surface area contributed by atoms with Gasteiger partial charge in [-0.1, -0.05) is 79.7 Å². The second-order valence-corrected chi connectivity index (χ2v) is 13.4. The highest BCUT2D eigenvalue weighted by Crippen LogP contribution is 2.69. The van der Waals surface area contributed by atoms with Crippen LogP contribution in [0.1, 0.15) is 31.4 Å². The van der Waals surface area contributed by atoms with Crippen LogP contribution in [0, 0.1) is 17.8 Å². The molecule has 0 radical (unpaired) electrons. The van der Waals surface area contributed by atoms with Crippen molar-refractivity contribution in [3.05, 3.63) is 97.1 Å². The number of aliphatic hydroxyl groups excluding tert-OH is 1. The smallest absolute Gasteiger partial charge is 0.247 e. The lowest BCUT2D eigenvalue weighted by Crippen LogP contribution is -2.58. The quantitative estimate of drug-likeness (QED) is 0.378. The summed E-state index contributed by atoms with van der Waals surface area (Å²) in [5.41, 5.74) is 1.99. The van der Waals surface area contributed by atoms with Crippen molar-refractivity contribution in [1.29, 1.82) is 0 Å². The third-order valence-electron chi connectivity index (χ3n) is 9.20. The Balaban J connectivity index is 1.53. The molecule has 3 aliphatic heterocycles. The zero-order valence-electron chi connectivity index (χ0n) is 24.5.